The van der Waals surface area contributed by atoms with E-state index in [0.717, 1.165) is 5.56 Å². The van der Waals surface area contributed by atoms with E-state index in [1.54, 1.807) is 29.2 Å². The van der Waals surface area contributed by atoms with Crippen molar-refractivity contribution in [3.8, 4) is 5.75 Å². The fraction of sp³-hybridized carbons (Fsp3) is 0.263. The van der Waals surface area contributed by atoms with Crippen molar-refractivity contribution in [2.24, 2.45) is 5.92 Å². The first-order chi connectivity index (χ1) is 12.5. The molecule has 0 aromatic heterocycles. The molecule has 0 unspecified atom stereocenters. The van der Waals surface area contributed by atoms with Gasteiger partial charge in [0, 0.05) is 29.6 Å². The average molecular weight is 393 g/mol. The lowest BCUT2D eigenvalue weighted by molar-refractivity contribution is -0.128. The molecule has 0 spiro atoms. The number of anilines is 1. The maximum absolute atomic E-state index is 12.6. The lowest BCUT2D eigenvalue weighted by Crippen LogP contribution is -2.28. The Kier molecular flexibility index (Phi) is 5.69. The Hall–Kier alpha value is -2.24. The molecule has 3 rings (SSSR count). The summed E-state index contributed by atoms with van der Waals surface area (Å²) in [6.45, 7) is 0.738. The third kappa shape index (κ3) is 4.11. The molecule has 0 aliphatic carbocycles. The zero-order valence-electron chi connectivity index (χ0n) is 14.2. The van der Waals surface area contributed by atoms with Crippen molar-refractivity contribution in [3.05, 3.63) is 58.1 Å². The molecule has 1 fully saturated rings. The van der Waals surface area contributed by atoms with Crippen molar-refractivity contribution in [3.63, 3.8) is 0 Å². The van der Waals surface area contributed by atoms with Gasteiger partial charge in [-0.1, -0.05) is 41.4 Å². The highest BCUT2D eigenvalue weighted by molar-refractivity contribution is 6.31. The minimum Gasteiger partial charge on any atom is -0.495 e. The summed E-state index contributed by atoms with van der Waals surface area (Å²) in [7, 11) is 1.52. The molecule has 26 heavy (non-hydrogen) atoms. The number of carbonyl (C=O) groups is 2. The van der Waals surface area contributed by atoms with E-state index in [9.17, 15) is 9.59 Å². The van der Waals surface area contributed by atoms with Crippen LogP contribution in [0.15, 0.2) is 42.5 Å². The quantitative estimate of drug-likeness (QED) is 0.836. The molecule has 1 aliphatic rings. The number of nitrogens with zero attached hydrogens (tertiary/aromatic N) is 1. The molecular formula is C19H18Cl2N2O3. The number of carbonyl (C=O) groups excluding carboxylic acids is 2. The molecule has 2 amide bonds. The van der Waals surface area contributed by atoms with Crippen LogP contribution in [-0.2, 0) is 16.1 Å². The third-order valence-electron chi connectivity index (χ3n) is 4.32. The van der Waals surface area contributed by atoms with E-state index in [2.05, 4.69) is 5.32 Å². The first-order valence-electron chi connectivity index (χ1n) is 8.13. The highest BCUT2D eigenvalue weighted by atomic mass is 35.5. The van der Waals surface area contributed by atoms with Crippen LogP contribution in [0.2, 0.25) is 10.0 Å². The molecule has 1 saturated heterocycles. The average Bonchev–Trinajstić information content (AvgIpc) is 2.98. The van der Waals surface area contributed by atoms with Gasteiger partial charge in [0.05, 0.1) is 18.7 Å². The predicted octanol–water partition coefficient (Wildman–Crippen LogP) is 3.99. The molecule has 7 heteroatoms. The number of halogens is 2. The topological polar surface area (TPSA) is 58.6 Å². The summed E-state index contributed by atoms with van der Waals surface area (Å²) in [6, 6.07) is 12.4. The molecule has 1 aliphatic heterocycles. The molecular weight excluding hydrogens is 375 g/mol. The summed E-state index contributed by atoms with van der Waals surface area (Å²) in [5, 5.41) is 3.91. The highest BCUT2D eigenvalue weighted by Crippen LogP contribution is 2.30. The minimum absolute atomic E-state index is 0.0665. The number of benzene rings is 2. The second-order valence-corrected chi connectivity index (χ2v) is 6.94. The summed E-state index contributed by atoms with van der Waals surface area (Å²) in [5.74, 6) is -0.225. The van der Waals surface area contributed by atoms with Crippen LogP contribution < -0.4 is 10.1 Å². The van der Waals surface area contributed by atoms with Crippen molar-refractivity contribution < 1.29 is 14.3 Å². The number of rotatable bonds is 5. The Balaban J connectivity index is 1.68. The standard InChI is InChI=1S/C19H18Cl2N2O3/c1-26-17-7-6-14(20)9-16(17)22-19(25)13-8-18(24)23(11-13)10-12-4-2-3-5-15(12)21/h2-7,9,13H,8,10-11H2,1H3,(H,22,25)/t13-/m1/s1. The number of likely N-dealkylation sites (tertiary alicyclic amines) is 1. The molecule has 0 saturated carbocycles. The molecule has 2 aromatic carbocycles. The van der Waals surface area contributed by atoms with E-state index in [1.165, 1.54) is 7.11 Å². The molecule has 0 bridgehead atoms. The van der Waals surface area contributed by atoms with Crippen LogP contribution in [0.5, 0.6) is 5.75 Å². The summed E-state index contributed by atoms with van der Waals surface area (Å²) in [4.78, 5) is 26.5. The van der Waals surface area contributed by atoms with Gasteiger partial charge in [0.15, 0.2) is 0 Å². The van der Waals surface area contributed by atoms with E-state index < -0.39 is 5.92 Å². The van der Waals surface area contributed by atoms with Crippen LogP contribution in [0.3, 0.4) is 0 Å². The van der Waals surface area contributed by atoms with Gasteiger partial charge < -0.3 is 15.0 Å². The molecule has 136 valence electrons. The van der Waals surface area contributed by atoms with Gasteiger partial charge in [-0.25, -0.2) is 0 Å². The number of hydrogen-bond donors (Lipinski definition) is 1. The Morgan fingerprint density at radius 2 is 2.04 bits per heavy atom. The lowest BCUT2D eigenvalue weighted by Gasteiger charge is -2.18. The van der Waals surface area contributed by atoms with Crippen LogP contribution >= 0.6 is 23.2 Å². The number of ether oxygens (including phenoxy) is 1. The Labute approximate surface area is 161 Å². The van der Waals surface area contributed by atoms with Crippen LogP contribution in [0.1, 0.15) is 12.0 Å². The highest BCUT2D eigenvalue weighted by Gasteiger charge is 2.34. The van der Waals surface area contributed by atoms with Crippen molar-refractivity contribution in [2.75, 3.05) is 19.0 Å². The van der Waals surface area contributed by atoms with Crippen molar-refractivity contribution in [1.82, 2.24) is 4.90 Å². The monoisotopic (exact) mass is 392 g/mol. The maximum atomic E-state index is 12.6. The number of methoxy groups -OCH3 is 1. The van der Waals surface area contributed by atoms with Gasteiger partial charge in [0.2, 0.25) is 11.8 Å². The maximum Gasteiger partial charge on any atom is 0.229 e. The normalized spacial score (nSPS) is 16.7. The Morgan fingerprint density at radius 3 is 2.77 bits per heavy atom. The van der Waals surface area contributed by atoms with Crippen LogP contribution in [-0.4, -0.2) is 30.4 Å². The smallest absolute Gasteiger partial charge is 0.229 e. The first-order valence-corrected chi connectivity index (χ1v) is 8.89. The number of nitrogens with one attached hydrogen (secondary N) is 1. The van der Waals surface area contributed by atoms with Crippen molar-refractivity contribution >= 4 is 40.7 Å². The van der Waals surface area contributed by atoms with Gasteiger partial charge in [0.1, 0.15) is 5.75 Å². The van der Waals surface area contributed by atoms with Gasteiger partial charge in [-0.3, -0.25) is 9.59 Å². The van der Waals surface area contributed by atoms with Gasteiger partial charge in [-0.05, 0) is 29.8 Å². The Bertz CT molecular complexity index is 841. The van der Waals surface area contributed by atoms with Gasteiger partial charge in [-0.15, -0.1) is 0 Å². The van der Waals surface area contributed by atoms with Gasteiger partial charge >= 0.3 is 0 Å². The fourth-order valence-corrected chi connectivity index (χ4v) is 3.31. The van der Waals surface area contributed by atoms with E-state index in [1.807, 2.05) is 18.2 Å². The van der Waals surface area contributed by atoms with E-state index in [-0.39, 0.29) is 18.2 Å². The van der Waals surface area contributed by atoms with E-state index >= 15 is 0 Å². The molecule has 1 atom stereocenters. The largest absolute Gasteiger partial charge is 0.495 e. The molecule has 1 N–H and O–H groups in total. The van der Waals surface area contributed by atoms with Crippen LogP contribution in [0.4, 0.5) is 5.69 Å². The Morgan fingerprint density at radius 1 is 1.27 bits per heavy atom. The lowest BCUT2D eigenvalue weighted by atomic mass is 10.1. The second kappa shape index (κ2) is 7.98. The van der Waals surface area contributed by atoms with E-state index in [0.29, 0.717) is 34.6 Å². The molecule has 2 aromatic rings. The summed E-state index contributed by atoms with van der Waals surface area (Å²) < 4.78 is 5.23. The van der Waals surface area contributed by atoms with Gasteiger partial charge in [0.25, 0.3) is 0 Å². The number of hydrogen-bond acceptors (Lipinski definition) is 3. The molecule has 5 nitrogen and oxygen atoms in total. The summed E-state index contributed by atoms with van der Waals surface area (Å²) in [5.41, 5.74) is 1.35. The predicted molar refractivity (Wildman–Crippen MR) is 102 cm³/mol. The minimum atomic E-state index is -0.436. The zero-order valence-corrected chi connectivity index (χ0v) is 15.7. The van der Waals surface area contributed by atoms with Crippen LogP contribution in [0, 0.1) is 5.92 Å². The second-order valence-electron chi connectivity index (χ2n) is 6.10. The molecule has 1 heterocycles. The van der Waals surface area contributed by atoms with Crippen molar-refractivity contribution in [2.45, 2.75) is 13.0 Å². The van der Waals surface area contributed by atoms with Gasteiger partial charge in [-0.2, -0.15) is 0 Å². The van der Waals surface area contributed by atoms with E-state index in [4.69, 9.17) is 27.9 Å². The molecule has 0 radical (unpaired) electrons. The zero-order chi connectivity index (χ0) is 18.7. The number of amides is 2. The summed E-state index contributed by atoms with van der Waals surface area (Å²) >= 11 is 12.1. The fourth-order valence-electron chi connectivity index (χ4n) is 2.95. The van der Waals surface area contributed by atoms with Crippen molar-refractivity contribution in [1.29, 1.82) is 0 Å². The van der Waals surface area contributed by atoms with Crippen LogP contribution in [0.25, 0.3) is 0 Å². The third-order valence-corrected chi connectivity index (χ3v) is 4.93. The summed E-state index contributed by atoms with van der Waals surface area (Å²) in [6.07, 6.45) is 0.166. The first kappa shape index (κ1) is 18.5. The SMILES string of the molecule is COc1ccc(Cl)cc1NC(=O)[C@@H]1CC(=O)N(Cc2ccccc2Cl)C1.